The molecule has 0 bridgehead atoms. The van der Waals surface area contributed by atoms with Gasteiger partial charge in [0.15, 0.2) is 5.82 Å². The third-order valence-corrected chi connectivity index (χ3v) is 3.34. The van der Waals surface area contributed by atoms with E-state index in [2.05, 4.69) is 17.0 Å². The molecule has 0 aliphatic heterocycles. The number of aromatic nitrogens is 3. The van der Waals surface area contributed by atoms with Gasteiger partial charge >= 0.3 is 0 Å². The van der Waals surface area contributed by atoms with Crippen LogP contribution in [0.2, 0.25) is 0 Å². The van der Waals surface area contributed by atoms with E-state index >= 15 is 0 Å². The lowest BCUT2D eigenvalue weighted by molar-refractivity contribution is 0.0786. The lowest BCUT2D eigenvalue weighted by Crippen LogP contribution is -2.18. The Kier molecular flexibility index (Phi) is 2.54. The van der Waals surface area contributed by atoms with E-state index in [0.717, 1.165) is 6.42 Å². The first-order chi connectivity index (χ1) is 6.70. The largest absolute Gasteiger partial charge is 0.385 e. The molecule has 2 rings (SSSR count). The quantitative estimate of drug-likeness (QED) is 0.773. The number of aliphatic hydroxyl groups excluding tert-OH is 1. The van der Waals surface area contributed by atoms with Gasteiger partial charge in [-0.3, -0.25) is 4.68 Å². The lowest BCUT2D eigenvalue weighted by Gasteiger charge is -2.20. The first-order valence-corrected chi connectivity index (χ1v) is 5.22. The lowest BCUT2D eigenvalue weighted by atomic mass is 9.92. The van der Waals surface area contributed by atoms with Crippen molar-refractivity contribution in [2.75, 3.05) is 0 Å². The third-order valence-electron chi connectivity index (χ3n) is 3.34. The zero-order valence-corrected chi connectivity index (χ0v) is 8.72. The molecule has 1 aromatic rings. The third kappa shape index (κ3) is 1.54. The van der Waals surface area contributed by atoms with E-state index in [-0.39, 0.29) is 0 Å². The Hall–Kier alpha value is -0.900. The van der Waals surface area contributed by atoms with Gasteiger partial charge in [0.25, 0.3) is 0 Å². The Labute approximate surface area is 84.0 Å². The molecule has 0 radical (unpaired) electrons. The Morgan fingerprint density at radius 1 is 1.57 bits per heavy atom. The molecule has 4 nitrogen and oxygen atoms in total. The van der Waals surface area contributed by atoms with Crippen molar-refractivity contribution in [1.82, 2.24) is 14.8 Å². The van der Waals surface area contributed by atoms with Crippen LogP contribution in [0.15, 0.2) is 6.33 Å². The van der Waals surface area contributed by atoms with Crippen molar-refractivity contribution in [2.45, 2.75) is 32.3 Å². The monoisotopic (exact) mass is 195 g/mol. The zero-order chi connectivity index (χ0) is 10.1. The van der Waals surface area contributed by atoms with Gasteiger partial charge in [-0.1, -0.05) is 19.8 Å². The Balaban J connectivity index is 2.15. The van der Waals surface area contributed by atoms with Crippen LogP contribution in [0.1, 0.15) is 38.1 Å². The van der Waals surface area contributed by atoms with Crippen LogP contribution in [0.4, 0.5) is 0 Å². The number of aryl methyl sites for hydroxylation is 1. The van der Waals surface area contributed by atoms with E-state index in [9.17, 15) is 5.11 Å². The van der Waals surface area contributed by atoms with Gasteiger partial charge in [0.05, 0.1) is 0 Å². The fourth-order valence-electron chi connectivity index (χ4n) is 2.41. The maximum absolute atomic E-state index is 10.1. The summed E-state index contributed by atoms with van der Waals surface area (Å²) >= 11 is 0. The van der Waals surface area contributed by atoms with Crippen LogP contribution in [0.5, 0.6) is 0 Å². The topological polar surface area (TPSA) is 50.9 Å². The highest BCUT2D eigenvalue weighted by Crippen LogP contribution is 2.39. The first-order valence-electron chi connectivity index (χ1n) is 5.22. The van der Waals surface area contributed by atoms with Crippen LogP contribution in [-0.4, -0.2) is 19.9 Å². The van der Waals surface area contributed by atoms with Crippen LogP contribution in [0.3, 0.4) is 0 Å². The van der Waals surface area contributed by atoms with Crippen LogP contribution < -0.4 is 0 Å². The molecular formula is C10H17N3O. The molecule has 0 aromatic carbocycles. The number of nitrogens with zero attached hydrogens (tertiary/aromatic N) is 3. The minimum absolute atomic E-state index is 0.359. The van der Waals surface area contributed by atoms with Gasteiger partial charge in [0.2, 0.25) is 0 Å². The second kappa shape index (κ2) is 3.69. The van der Waals surface area contributed by atoms with Gasteiger partial charge in [-0.05, 0) is 18.3 Å². The summed E-state index contributed by atoms with van der Waals surface area (Å²) < 4.78 is 1.66. The maximum atomic E-state index is 10.1. The minimum Gasteiger partial charge on any atom is -0.385 e. The van der Waals surface area contributed by atoms with Gasteiger partial charge in [0, 0.05) is 7.05 Å². The molecule has 1 aliphatic rings. The predicted molar refractivity (Wildman–Crippen MR) is 52.5 cm³/mol. The van der Waals surface area contributed by atoms with Gasteiger partial charge in [-0.15, -0.1) is 0 Å². The molecule has 1 fully saturated rings. The SMILES string of the molecule is CC1CCCC1C(O)c1ncnn1C. The number of rotatable bonds is 2. The highest BCUT2D eigenvalue weighted by Gasteiger charge is 2.32. The van der Waals surface area contributed by atoms with Crippen molar-refractivity contribution in [3.63, 3.8) is 0 Å². The molecule has 3 unspecified atom stereocenters. The molecule has 14 heavy (non-hydrogen) atoms. The summed E-state index contributed by atoms with van der Waals surface area (Å²) in [5, 5.41) is 14.1. The van der Waals surface area contributed by atoms with E-state index in [1.54, 1.807) is 4.68 Å². The Morgan fingerprint density at radius 2 is 2.36 bits per heavy atom. The van der Waals surface area contributed by atoms with E-state index < -0.39 is 6.10 Å². The first kappa shape index (κ1) is 9.65. The summed E-state index contributed by atoms with van der Waals surface area (Å²) in [6, 6.07) is 0. The zero-order valence-electron chi connectivity index (χ0n) is 8.72. The number of hydrogen-bond donors (Lipinski definition) is 1. The van der Waals surface area contributed by atoms with Gasteiger partial charge in [0.1, 0.15) is 12.4 Å². The molecular weight excluding hydrogens is 178 g/mol. The summed E-state index contributed by atoms with van der Waals surface area (Å²) in [7, 11) is 1.82. The van der Waals surface area contributed by atoms with Gasteiger partial charge in [-0.2, -0.15) is 5.10 Å². The number of hydrogen-bond acceptors (Lipinski definition) is 3. The highest BCUT2D eigenvalue weighted by atomic mass is 16.3. The standard InChI is InChI=1S/C10H17N3O/c1-7-4-3-5-8(7)9(14)10-11-6-12-13(10)2/h6-9,14H,3-5H2,1-2H3. The smallest absolute Gasteiger partial charge is 0.155 e. The van der Waals surface area contributed by atoms with Gasteiger partial charge in [-0.25, -0.2) is 4.98 Å². The Bertz CT molecular complexity index is 310. The minimum atomic E-state index is -0.444. The molecule has 4 heteroatoms. The normalized spacial score (nSPS) is 29.4. The fourth-order valence-corrected chi connectivity index (χ4v) is 2.41. The molecule has 0 saturated heterocycles. The summed E-state index contributed by atoms with van der Waals surface area (Å²) in [6.45, 7) is 2.21. The molecule has 1 N–H and O–H groups in total. The second-order valence-electron chi connectivity index (χ2n) is 4.26. The predicted octanol–water partition coefficient (Wildman–Crippen LogP) is 1.28. The van der Waals surface area contributed by atoms with Crippen molar-refractivity contribution in [3.8, 4) is 0 Å². The van der Waals surface area contributed by atoms with Crippen molar-refractivity contribution in [1.29, 1.82) is 0 Å². The van der Waals surface area contributed by atoms with E-state index in [0.29, 0.717) is 17.7 Å². The van der Waals surface area contributed by atoms with Crippen molar-refractivity contribution in [3.05, 3.63) is 12.2 Å². The summed E-state index contributed by atoms with van der Waals surface area (Å²) in [4.78, 5) is 4.10. The van der Waals surface area contributed by atoms with E-state index in [4.69, 9.17) is 0 Å². The van der Waals surface area contributed by atoms with E-state index in [1.807, 2.05) is 7.05 Å². The Morgan fingerprint density at radius 3 is 2.86 bits per heavy atom. The maximum Gasteiger partial charge on any atom is 0.155 e. The van der Waals surface area contributed by atoms with Crippen LogP contribution in [0, 0.1) is 11.8 Å². The van der Waals surface area contributed by atoms with Crippen LogP contribution >= 0.6 is 0 Å². The molecule has 0 spiro atoms. The highest BCUT2D eigenvalue weighted by molar-refractivity contribution is 4.95. The van der Waals surface area contributed by atoms with Gasteiger partial charge < -0.3 is 5.11 Å². The summed E-state index contributed by atoms with van der Waals surface area (Å²) in [5.74, 6) is 1.66. The average Bonchev–Trinajstić information content (AvgIpc) is 2.73. The number of aliphatic hydroxyl groups is 1. The molecule has 1 heterocycles. The molecule has 1 aromatic heterocycles. The summed E-state index contributed by atoms with van der Waals surface area (Å²) in [6.07, 6.45) is 4.60. The molecule has 3 atom stereocenters. The molecule has 0 amide bonds. The fraction of sp³-hybridized carbons (Fsp3) is 0.800. The molecule has 78 valence electrons. The van der Waals surface area contributed by atoms with Crippen molar-refractivity contribution < 1.29 is 5.11 Å². The summed E-state index contributed by atoms with van der Waals surface area (Å²) in [5.41, 5.74) is 0. The van der Waals surface area contributed by atoms with E-state index in [1.165, 1.54) is 19.2 Å². The second-order valence-corrected chi connectivity index (χ2v) is 4.26. The molecule has 1 aliphatic carbocycles. The average molecular weight is 195 g/mol. The van der Waals surface area contributed by atoms with Crippen LogP contribution in [0.25, 0.3) is 0 Å². The van der Waals surface area contributed by atoms with Crippen molar-refractivity contribution in [2.24, 2.45) is 18.9 Å². The van der Waals surface area contributed by atoms with Crippen molar-refractivity contribution >= 4 is 0 Å². The molecule has 1 saturated carbocycles. The van der Waals surface area contributed by atoms with Crippen LogP contribution in [-0.2, 0) is 7.05 Å².